The molecule has 4 rings (SSSR count). The molecule has 1 heterocycles. The monoisotopic (exact) mass is 322 g/mol. The Kier molecular flexibility index (Phi) is 3.48. The van der Waals surface area contributed by atoms with Gasteiger partial charge in [-0.3, -0.25) is 4.79 Å². The van der Waals surface area contributed by atoms with Gasteiger partial charge in [0.1, 0.15) is 5.82 Å². The predicted molar refractivity (Wildman–Crippen MR) is 91.2 cm³/mol. The summed E-state index contributed by atoms with van der Waals surface area (Å²) in [5.41, 5.74) is 5.00. The first kappa shape index (κ1) is 15.1. The van der Waals surface area contributed by atoms with E-state index >= 15 is 0 Å². The molecule has 122 valence electrons. The molecule has 4 heteroatoms. The lowest BCUT2D eigenvalue weighted by Gasteiger charge is -2.29. The lowest BCUT2D eigenvalue weighted by atomic mass is 9.77. The van der Waals surface area contributed by atoms with E-state index in [4.69, 9.17) is 0 Å². The van der Waals surface area contributed by atoms with Gasteiger partial charge < -0.3 is 0 Å². The number of benzene rings is 2. The van der Waals surface area contributed by atoms with Gasteiger partial charge in [-0.2, -0.15) is 5.10 Å². The summed E-state index contributed by atoms with van der Waals surface area (Å²) in [6, 6.07) is 12.7. The maximum absolute atomic E-state index is 14.4. The fourth-order valence-corrected chi connectivity index (χ4v) is 3.91. The van der Waals surface area contributed by atoms with Crippen molar-refractivity contribution >= 4 is 11.6 Å². The molecule has 1 aliphatic carbocycles. The van der Waals surface area contributed by atoms with Crippen LogP contribution in [0.4, 0.5) is 4.39 Å². The molecular formula is C20H19FN2O. The average molecular weight is 322 g/mol. The summed E-state index contributed by atoms with van der Waals surface area (Å²) in [4.78, 5) is 12.2. The Labute approximate surface area is 140 Å². The van der Waals surface area contributed by atoms with E-state index in [2.05, 4.69) is 30.2 Å². The van der Waals surface area contributed by atoms with Crippen molar-refractivity contribution in [3.05, 3.63) is 70.5 Å². The Morgan fingerprint density at radius 2 is 2.04 bits per heavy atom. The van der Waals surface area contributed by atoms with Crippen LogP contribution in [0.1, 0.15) is 41.6 Å². The highest BCUT2D eigenvalue weighted by molar-refractivity contribution is 6.06. The van der Waals surface area contributed by atoms with Crippen molar-refractivity contribution in [1.29, 1.82) is 0 Å². The fraction of sp³-hybridized carbons (Fsp3) is 0.300. The topological polar surface area (TPSA) is 32.7 Å². The zero-order valence-corrected chi connectivity index (χ0v) is 13.8. The molecule has 2 aromatic carbocycles. The Morgan fingerprint density at radius 3 is 2.79 bits per heavy atom. The summed E-state index contributed by atoms with van der Waals surface area (Å²) in [5, 5.41) is 6.09. The quantitative estimate of drug-likeness (QED) is 0.781. The van der Waals surface area contributed by atoms with Crippen molar-refractivity contribution in [2.45, 2.75) is 32.7 Å². The van der Waals surface area contributed by atoms with Gasteiger partial charge in [-0.1, -0.05) is 35.9 Å². The molecule has 0 spiro atoms. The lowest BCUT2D eigenvalue weighted by Crippen LogP contribution is -2.31. The molecule has 1 amide bonds. The van der Waals surface area contributed by atoms with Crippen molar-refractivity contribution < 1.29 is 9.18 Å². The molecule has 2 aliphatic rings. The minimum absolute atomic E-state index is 0.0418. The highest BCUT2D eigenvalue weighted by atomic mass is 19.1. The average Bonchev–Trinajstić information content (AvgIpc) is 2.95. The molecule has 0 N–H and O–H groups in total. The molecule has 3 nitrogen and oxygen atoms in total. The van der Waals surface area contributed by atoms with Gasteiger partial charge in [0.15, 0.2) is 0 Å². The van der Waals surface area contributed by atoms with Crippen molar-refractivity contribution in [3.8, 4) is 0 Å². The van der Waals surface area contributed by atoms with Gasteiger partial charge >= 0.3 is 0 Å². The largest absolute Gasteiger partial charge is 0.273 e. The van der Waals surface area contributed by atoms with Gasteiger partial charge in [0.2, 0.25) is 5.91 Å². The first-order valence-corrected chi connectivity index (χ1v) is 8.29. The van der Waals surface area contributed by atoms with Crippen LogP contribution in [0.3, 0.4) is 0 Å². The van der Waals surface area contributed by atoms with Crippen LogP contribution in [0.5, 0.6) is 0 Å². The summed E-state index contributed by atoms with van der Waals surface area (Å²) < 4.78 is 14.4. The van der Waals surface area contributed by atoms with E-state index in [0.29, 0.717) is 5.56 Å². The van der Waals surface area contributed by atoms with Crippen LogP contribution >= 0.6 is 0 Å². The van der Waals surface area contributed by atoms with Gasteiger partial charge in [0, 0.05) is 24.0 Å². The second-order valence-electron chi connectivity index (χ2n) is 6.62. The molecule has 2 aromatic rings. The van der Waals surface area contributed by atoms with E-state index < -0.39 is 0 Å². The van der Waals surface area contributed by atoms with E-state index in [1.54, 1.807) is 12.1 Å². The van der Waals surface area contributed by atoms with E-state index in [1.807, 2.05) is 6.07 Å². The van der Waals surface area contributed by atoms with Gasteiger partial charge in [0.25, 0.3) is 0 Å². The van der Waals surface area contributed by atoms with Crippen LogP contribution in [0.2, 0.25) is 0 Å². The molecule has 0 saturated carbocycles. The van der Waals surface area contributed by atoms with E-state index in [1.165, 1.54) is 29.1 Å². The Morgan fingerprint density at radius 1 is 1.25 bits per heavy atom. The van der Waals surface area contributed by atoms with Gasteiger partial charge in [-0.05, 0) is 37.5 Å². The molecule has 0 radical (unpaired) electrons. The first-order valence-electron chi connectivity index (χ1n) is 8.29. The number of fused-ring (bicyclic) bond motifs is 3. The second kappa shape index (κ2) is 5.55. The molecular weight excluding hydrogens is 303 g/mol. The summed E-state index contributed by atoms with van der Waals surface area (Å²) in [6.07, 6.45) is 1.80. The van der Waals surface area contributed by atoms with Crippen LogP contribution < -0.4 is 0 Å². The number of hydrazone groups is 1. The third kappa shape index (κ3) is 2.25. The summed E-state index contributed by atoms with van der Waals surface area (Å²) in [5.74, 6) is -0.389. The molecule has 0 aromatic heterocycles. The van der Waals surface area contributed by atoms with Crippen LogP contribution in [0, 0.1) is 18.7 Å². The molecule has 0 fully saturated rings. The molecule has 24 heavy (non-hydrogen) atoms. The van der Waals surface area contributed by atoms with Crippen molar-refractivity contribution in [2.75, 3.05) is 0 Å². The predicted octanol–water partition coefficient (Wildman–Crippen LogP) is 4.00. The molecule has 0 bridgehead atoms. The summed E-state index contributed by atoms with van der Waals surface area (Å²) in [7, 11) is 0. The standard InChI is InChI=1S/C20H19FN2O/c1-12-7-8-14-9-10-16-19(17(14)11-12)22-23(13(2)24)20(16)15-5-3-4-6-18(15)21/h3-8,11,16,20H,9-10H2,1-2H3. The van der Waals surface area contributed by atoms with Crippen molar-refractivity contribution in [1.82, 2.24) is 5.01 Å². The Bertz CT molecular complexity index is 858. The third-order valence-corrected chi connectivity index (χ3v) is 5.02. The lowest BCUT2D eigenvalue weighted by molar-refractivity contribution is -0.131. The number of hydrogen-bond donors (Lipinski definition) is 0. The number of nitrogens with zero attached hydrogens (tertiary/aromatic N) is 2. The van der Waals surface area contributed by atoms with Crippen LogP contribution in [-0.2, 0) is 11.2 Å². The maximum Gasteiger partial charge on any atom is 0.240 e. The van der Waals surface area contributed by atoms with Crippen LogP contribution in [0.15, 0.2) is 47.6 Å². The normalized spacial score (nSPS) is 22.0. The van der Waals surface area contributed by atoms with Gasteiger partial charge in [0.05, 0.1) is 11.8 Å². The Balaban J connectivity index is 1.85. The van der Waals surface area contributed by atoms with E-state index in [9.17, 15) is 9.18 Å². The maximum atomic E-state index is 14.4. The van der Waals surface area contributed by atoms with Gasteiger partial charge in [-0.25, -0.2) is 9.40 Å². The van der Waals surface area contributed by atoms with Crippen molar-refractivity contribution in [2.24, 2.45) is 11.0 Å². The van der Waals surface area contributed by atoms with Crippen molar-refractivity contribution in [3.63, 3.8) is 0 Å². The molecule has 1 aliphatic heterocycles. The molecule has 2 atom stereocenters. The number of carbonyl (C=O) groups is 1. The Hall–Kier alpha value is -2.49. The highest BCUT2D eigenvalue weighted by Crippen LogP contribution is 2.44. The van der Waals surface area contributed by atoms with Gasteiger partial charge in [-0.15, -0.1) is 0 Å². The fourth-order valence-electron chi connectivity index (χ4n) is 3.91. The third-order valence-electron chi connectivity index (χ3n) is 5.02. The number of aryl methyl sites for hydroxylation is 2. The summed E-state index contributed by atoms with van der Waals surface area (Å²) >= 11 is 0. The second-order valence-corrected chi connectivity index (χ2v) is 6.62. The minimum Gasteiger partial charge on any atom is -0.273 e. The summed E-state index contributed by atoms with van der Waals surface area (Å²) in [6.45, 7) is 3.54. The zero-order valence-electron chi connectivity index (χ0n) is 13.8. The SMILES string of the molecule is CC(=O)N1N=C2c3cc(C)ccc3CCC2C1c1ccccc1F. The molecule has 2 unspecified atom stereocenters. The number of carbonyl (C=O) groups excluding carboxylic acids is 1. The first-order chi connectivity index (χ1) is 11.6. The van der Waals surface area contributed by atoms with Crippen LogP contribution in [-0.4, -0.2) is 16.6 Å². The number of rotatable bonds is 1. The zero-order chi connectivity index (χ0) is 16.8. The van der Waals surface area contributed by atoms with Crippen LogP contribution in [0.25, 0.3) is 0 Å². The van der Waals surface area contributed by atoms with E-state index in [0.717, 1.165) is 24.1 Å². The highest BCUT2D eigenvalue weighted by Gasteiger charge is 2.43. The smallest absolute Gasteiger partial charge is 0.240 e. The number of halogens is 1. The number of hydrogen-bond acceptors (Lipinski definition) is 2. The molecule has 0 saturated heterocycles. The minimum atomic E-state index is -0.354. The number of amides is 1. The van der Waals surface area contributed by atoms with E-state index in [-0.39, 0.29) is 23.7 Å².